The van der Waals surface area contributed by atoms with Crippen LogP contribution in [-0.4, -0.2) is 112 Å². The number of carboxylic acid groups (broad SMARTS) is 1. The molecule has 2 saturated heterocycles. The number of hydrogen-bond acceptors (Lipinski definition) is 7. The number of nitrogens with zero attached hydrogens (tertiary/aromatic N) is 7. The summed E-state index contributed by atoms with van der Waals surface area (Å²) in [7, 11) is 4.25. The van der Waals surface area contributed by atoms with Gasteiger partial charge < -0.3 is 25.1 Å². The van der Waals surface area contributed by atoms with Crippen molar-refractivity contribution in [1.29, 1.82) is 0 Å². The van der Waals surface area contributed by atoms with E-state index in [1.165, 1.54) is 24.1 Å². The van der Waals surface area contributed by atoms with Crippen molar-refractivity contribution in [2.75, 3.05) is 71.4 Å². The van der Waals surface area contributed by atoms with Gasteiger partial charge in [0, 0.05) is 69.0 Å². The number of benzene rings is 1. The van der Waals surface area contributed by atoms with Crippen molar-refractivity contribution in [3.05, 3.63) is 48.0 Å². The van der Waals surface area contributed by atoms with Crippen molar-refractivity contribution in [1.82, 2.24) is 34.6 Å². The Morgan fingerprint density at radius 3 is 2.28 bits per heavy atom. The number of rotatable bonds is 4. The monoisotopic (exact) mass is 540 g/mol. The topological polar surface area (TPSA) is 92.5 Å². The zero-order valence-electron chi connectivity index (χ0n) is 23.7. The second-order valence-corrected chi connectivity index (χ2v) is 11.3. The fraction of sp³-hybridized carbons (Fsp3) is 0.536. The SMILES string of the molecule is CN1CCN(c2cn3nccc3c(-c3ccc(CN(C(=O)O)C(C)(C)C)c(F)c3)n2)CC1.CN1CCNCC1. The third-order valence-corrected chi connectivity index (χ3v) is 7.24. The Morgan fingerprint density at radius 1 is 1.05 bits per heavy atom. The number of hydrogen-bond donors (Lipinski definition) is 2. The first-order valence-corrected chi connectivity index (χ1v) is 13.5. The van der Waals surface area contributed by atoms with Crippen LogP contribution in [0.15, 0.2) is 36.7 Å². The molecule has 10 nitrogen and oxygen atoms in total. The molecule has 0 spiro atoms. The molecule has 5 rings (SSSR count). The Bertz CT molecular complexity index is 1260. The standard InChI is InChI=1S/C23H29FN6O2.C5H12N2/c1-23(2,3)29(22(31)32)14-17-6-5-16(13-18(17)24)21-19-7-8-25-30(19)15-20(26-21)28-11-9-27(4)10-12-28;1-7-4-2-6-3-5-7/h5-8,13,15H,9-12,14H2,1-4H3,(H,31,32);6H,2-5H2,1H3. The number of halogens is 1. The van der Waals surface area contributed by atoms with Gasteiger partial charge in [0.05, 0.1) is 30.1 Å². The molecule has 0 radical (unpaired) electrons. The zero-order valence-corrected chi connectivity index (χ0v) is 23.7. The van der Waals surface area contributed by atoms with Crippen LogP contribution in [0.2, 0.25) is 0 Å². The predicted octanol–water partition coefficient (Wildman–Crippen LogP) is 3.09. The van der Waals surface area contributed by atoms with E-state index < -0.39 is 17.4 Å². The van der Waals surface area contributed by atoms with Crippen LogP contribution in [0, 0.1) is 5.82 Å². The lowest BCUT2D eigenvalue weighted by molar-refractivity contribution is 0.0949. The maximum Gasteiger partial charge on any atom is 0.408 e. The van der Waals surface area contributed by atoms with E-state index in [1.54, 1.807) is 43.6 Å². The molecule has 2 N–H and O–H groups in total. The normalized spacial score (nSPS) is 17.1. The van der Waals surface area contributed by atoms with E-state index in [2.05, 4.69) is 39.2 Å². The van der Waals surface area contributed by atoms with Gasteiger partial charge in [-0.25, -0.2) is 18.7 Å². The molecule has 2 aromatic heterocycles. The lowest BCUT2D eigenvalue weighted by Crippen LogP contribution is -2.45. The molecule has 39 heavy (non-hydrogen) atoms. The molecule has 2 aliphatic heterocycles. The van der Waals surface area contributed by atoms with Gasteiger partial charge in [0.1, 0.15) is 11.6 Å². The van der Waals surface area contributed by atoms with Gasteiger partial charge in [0.15, 0.2) is 0 Å². The van der Waals surface area contributed by atoms with E-state index in [9.17, 15) is 9.90 Å². The molecule has 0 saturated carbocycles. The molecule has 2 fully saturated rings. The number of likely N-dealkylation sites (N-methyl/N-ethyl adjacent to an activating group) is 2. The fourth-order valence-corrected chi connectivity index (χ4v) is 4.68. The number of aromatic nitrogens is 3. The molecule has 4 heterocycles. The molecule has 1 aromatic carbocycles. The Balaban J connectivity index is 0.000000438. The molecule has 0 bridgehead atoms. The summed E-state index contributed by atoms with van der Waals surface area (Å²) in [6.45, 7) is 13.7. The summed E-state index contributed by atoms with van der Waals surface area (Å²) in [5, 5.41) is 17.2. The highest BCUT2D eigenvalue weighted by molar-refractivity contribution is 5.78. The Morgan fingerprint density at radius 2 is 1.72 bits per heavy atom. The van der Waals surface area contributed by atoms with Crippen molar-refractivity contribution in [2.24, 2.45) is 0 Å². The molecular weight excluding hydrogens is 499 g/mol. The minimum absolute atomic E-state index is 0.0260. The highest BCUT2D eigenvalue weighted by Gasteiger charge is 2.27. The summed E-state index contributed by atoms with van der Waals surface area (Å²) < 4.78 is 16.9. The maximum atomic E-state index is 15.1. The van der Waals surface area contributed by atoms with E-state index in [4.69, 9.17) is 4.98 Å². The van der Waals surface area contributed by atoms with Crippen LogP contribution < -0.4 is 10.2 Å². The van der Waals surface area contributed by atoms with Crippen LogP contribution in [-0.2, 0) is 6.54 Å². The van der Waals surface area contributed by atoms with Gasteiger partial charge in [-0.1, -0.05) is 12.1 Å². The number of piperazine rings is 2. The minimum Gasteiger partial charge on any atom is -0.465 e. The van der Waals surface area contributed by atoms with Crippen LogP contribution in [0.1, 0.15) is 26.3 Å². The fourth-order valence-electron chi connectivity index (χ4n) is 4.68. The van der Waals surface area contributed by atoms with Crippen LogP contribution in [0.5, 0.6) is 0 Å². The van der Waals surface area contributed by atoms with E-state index in [1.807, 2.05) is 12.3 Å². The minimum atomic E-state index is -1.08. The average molecular weight is 541 g/mol. The number of nitrogens with one attached hydrogen (secondary N) is 1. The van der Waals surface area contributed by atoms with Crippen LogP contribution in [0.3, 0.4) is 0 Å². The Hall–Kier alpha value is -3.28. The first-order valence-electron chi connectivity index (χ1n) is 13.5. The number of carbonyl (C=O) groups is 1. The van der Waals surface area contributed by atoms with Gasteiger partial charge in [-0.3, -0.25) is 4.90 Å². The number of anilines is 1. The van der Waals surface area contributed by atoms with Crippen LogP contribution in [0.4, 0.5) is 15.0 Å². The third-order valence-electron chi connectivity index (χ3n) is 7.24. The van der Waals surface area contributed by atoms with E-state index in [-0.39, 0.29) is 6.54 Å². The molecular formula is C28H41FN8O2. The summed E-state index contributed by atoms with van der Waals surface area (Å²) >= 11 is 0. The van der Waals surface area contributed by atoms with Crippen LogP contribution >= 0.6 is 0 Å². The van der Waals surface area contributed by atoms with Gasteiger partial charge in [0.25, 0.3) is 0 Å². The third kappa shape index (κ3) is 7.23. The maximum absolute atomic E-state index is 15.1. The molecule has 0 atom stereocenters. The quantitative estimate of drug-likeness (QED) is 0.522. The second-order valence-electron chi connectivity index (χ2n) is 11.3. The van der Waals surface area contributed by atoms with Gasteiger partial charge in [0.2, 0.25) is 0 Å². The first kappa shape index (κ1) is 28.7. The lowest BCUT2D eigenvalue weighted by Gasteiger charge is -2.33. The van der Waals surface area contributed by atoms with Crippen LogP contribution in [0.25, 0.3) is 16.8 Å². The van der Waals surface area contributed by atoms with E-state index >= 15 is 4.39 Å². The second kappa shape index (κ2) is 12.3. The van der Waals surface area contributed by atoms with Crippen molar-refractivity contribution >= 4 is 17.4 Å². The summed E-state index contributed by atoms with van der Waals surface area (Å²) in [5.41, 5.74) is 1.75. The predicted molar refractivity (Wildman–Crippen MR) is 152 cm³/mol. The molecule has 11 heteroatoms. The summed E-state index contributed by atoms with van der Waals surface area (Å²) in [6, 6.07) is 6.72. The van der Waals surface area contributed by atoms with Gasteiger partial charge in [-0.15, -0.1) is 0 Å². The molecule has 0 aliphatic carbocycles. The van der Waals surface area contributed by atoms with Gasteiger partial charge >= 0.3 is 6.09 Å². The van der Waals surface area contributed by atoms with Crippen molar-refractivity contribution in [3.8, 4) is 11.3 Å². The zero-order chi connectivity index (χ0) is 28.2. The summed E-state index contributed by atoms with van der Waals surface area (Å²) in [5.74, 6) is 0.348. The van der Waals surface area contributed by atoms with Crippen molar-refractivity contribution < 1.29 is 14.3 Å². The molecule has 0 unspecified atom stereocenters. The first-order chi connectivity index (χ1) is 18.5. The Labute approximate surface area is 230 Å². The average Bonchev–Trinajstić information content (AvgIpc) is 3.36. The highest BCUT2D eigenvalue weighted by Crippen LogP contribution is 2.29. The van der Waals surface area contributed by atoms with Gasteiger partial charge in [-0.2, -0.15) is 5.10 Å². The van der Waals surface area contributed by atoms with E-state index in [0.717, 1.165) is 50.6 Å². The lowest BCUT2D eigenvalue weighted by atomic mass is 10.0. The number of fused-ring (bicyclic) bond motifs is 1. The van der Waals surface area contributed by atoms with Crippen molar-refractivity contribution in [3.63, 3.8) is 0 Å². The molecule has 3 aromatic rings. The van der Waals surface area contributed by atoms with E-state index in [0.29, 0.717) is 16.8 Å². The molecule has 1 amide bonds. The Kier molecular flexibility index (Phi) is 9.04. The molecule has 2 aliphatic rings. The summed E-state index contributed by atoms with van der Waals surface area (Å²) in [4.78, 5) is 24.6. The summed E-state index contributed by atoms with van der Waals surface area (Å²) in [6.07, 6.45) is 2.53. The molecule has 212 valence electrons. The highest BCUT2D eigenvalue weighted by atomic mass is 19.1. The largest absolute Gasteiger partial charge is 0.465 e. The number of amides is 1. The van der Waals surface area contributed by atoms with Crippen molar-refractivity contribution in [2.45, 2.75) is 32.9 Å². The smallest absolute Gasteiger partial charge is 0.408 e. The van der Waals surface area contributed by atoms with Gasteiger partial charge in [-0.05, 0) is 47.0 Å².